The Balaban J connectivity index is 1.44. The molecule has 0 N–H and O–H groups in total. The van der Waals surface area contributed by atoms with E-state index in [0.717, 1.165) is 62.5 Å². The fourth-order valence-corrected chi connectivity index (χ4v) is 7.48. The number of esters is 1. The molecule has 3 fully saturated rings. The lowest BCUT2D eigenvalue weighted by atomic mass is 9.46. The third-order valence-electron chi connectivity index (χ3n) is 8.85. The van der Waals surface area contributed by atoms with Crippen molar-refractivity contribution in [3.63, 3.8) is 0 Å². The Kier molecular flexibility index (Phi) is 4.53. The fourth-order valence-electron chi connectivity index (χ4n) is 7.48. The molecule has 30 heavy (non-hydrogen) atoms. The van der Waals surface area contributed by atoms with Gasteiger partial charge in [0.05, 0.1) is 18.1 Å². The van der Waals surface area contributed by atoms with E-state index in [4.69, 9.17) is 4.74 Å². The van der Waals surface area contributed by atoms with E-state index in [9.17, 15) is 9.59 Å². The van der Waals surface area contributed by atoms with Crippen LogP contribution in [0.4, 0.5) is 0 Å². The molecule has 160 valence electrons. The van der Waals surface area contributed by atoms with Crippen LogP contribution >= 0.6 is 0 Å². The molecule has 0 saturated heterocycles. The van der Waals surface area contributed by atoms with Crippen LogP contribution in [0.1, 0.15) is 65.7 Å². The topological polar surface area (TPSA) is 74.1 Å². The van der Waals surface area contributed by atoms with E-state index < -0.39 is 0 Å². The van der Waals surface area contributed by atoms with Gasteiger partial charge in [-0.05, 0) is 74.2 Å². The predicted molar refractivity (Wildman–Crippen MR) is 112 cm³/mol. The zero-order valence-electron chi connectivity index (χ0n) is 18.1. The van der Waals surface area contributed by atoms with Crippen molar-refractivity contribution < 1.29 is 14.3 Å². The van der Waals surface area contributed by atoms with E-state index in [-0.39, 0.29) is 22.9 Å². The van der Waals surface area contributed by atoms with Gasteiger partial charge in [0, 0.05) is 17.9 Å². The molecule has 0 aliphatic heterocycles. The van der Waals surface area contributed by atoms with Crippen LogP contribution < -0.4 is 0 Å². The molecular formula is C24H31N3O3. The second-order valence-corrected chi connectivity index (χ2v) is 10.2. The largest absolute Gasteiger partial charge is 0.463 e. The molecule has 0 amide bonds. The highest BCUT2D eigenvalue weighted by molar-refractivity contribution is 5.92. The first-order valence-corrected chi connectivity index (χ1v) is 11.3. The summed E-state index contributed by atoms with van der Waals surface area (Å²) in [6.45, 7) is 6.28. The van der Waals surface area contributed by atoms with Crippen molar-refractivity contribution in [3.8, 4) is 0 Å². The van der Waals surface area contributed by atoms with Gasteiger partial charge in [0.25, 0.3) is 0 Å². The zero-order chi connectivity index (χ0) is 21.1. The Morgan fingerprint density at radius 1 is 1.23 bits per heavy atom. The summed E-state index contributed by atoms with van der Waals surface area (Å²) >= 11 is 0. The Hall–Kier alpha value is -2.24. The monoisotopic (exact) mass is 409 g/mol. The summed E-state index contributed by atoms with van der Waals surface area (Å²) in [4.78, 5) is 23.4. The highest BCUT2D eigenvalue weighted by atomic mass is 16.5. The minimum absolute atomic E-state index is 0.0823. The van der Waals surface area contributed by atoms with E-state index in [1.165, 1.54) is 12.5 Å². The summed E-state index contributed by atoms with van der Waals surface area (Å²) in [5.74, 6) is 1.58. The third kappa shape index (κ3) is 2.75. The molecule has 6 heteroatoms. The minimum atomic E-state index is -0.157. The number of carbonyl (C=O) groups is 2. The fraction of sp³-hybridized carbons (Fsp3) is 0.667. The van der Waals surface area contributed by atoms with Crippen molar-refractivity contribution in [1.82, 2.24) is 15.0 Å². The van der Waals surface area contributed by atoms with Gasteiger partial charge in [-0.2, -0.15) is 0 Å². The Labute approximate surface area is 177 Å². The molecule has 1 aromatic heterocycles. The second-order valence-electron chi connectivity index (χ2n) is 10.2. The third-order valence-corrected chi connectivity index (χ3v) is 8.85. The number of allylic oxidation sites excluding steroid dienone is 4. The Morgan fingerprint density at radius 3 is 2.77 bits per heavy atom. The maximum absolute atomic E-state index is 12.0. The normalized spacial score (nSPS) is 40.2. The van der Waals surface area contributed by atoms with Gasteiger partial charge in [-0.3, -0.25) is 9.59 Å². The van der Waals surface area contributed by atoms with Gasteiger partial charge < -0.3 is 4.74 Å². The number of fused-ring (bicyclic) bond motifs is 5. The zero-order valence-corrected chi connectivity index (χ0v) is 18.1. The highest BCUT2D eigenvalue weighted by Crippen LogP contribution is 2.66. The molecule has 4 aliphatic carbocycles. The molecule has 6 nitrogen and oxygen atoms in total. The number of aldehydes is 1. The van der Waals surface area contributed by atoms with Gasteiger partial charge in [0.1, 0.15) is 6.10 Å². The van der Waals surface area contributed by atoms with Crippen LogP contribution in [-0.4, -0.2) is 33.4 Å². The Morgan fingerprint density at radius 2 is 2.07 bits per heavy atom. The van der Waals surface area contributed by atoms with Crippen LogP contribution in [0.5, 0.6) is 0 Å². The van der Waals surface area contributed by atoms with Crippen LogP contribution in [0.15, 0.2) is 29.6 Å². The summed E-state index contributed by atoms with van der Waals surface area (Å²) in [6, 6.07) is 0. The molecule has 0 spiro atoms. The van der Waals surface area contributed by atoms with Crippen LogP contribution in [-0.2, 0) is 14.3 Å². The molecule has 5 rings (SSSR count). The average Bonchev–Trinajstić information content (AvgIpc) is 3.32. The van der Waals surface area contributed by atoms with Crippen LogP contribution in [0.2, 0.25) is 0 Å². The van der Waals surface area contributed by atoms with Gasteiger partial charge in [-0.1, -0.05) is 24.6 Å². The van der Waals surface area contributed by atoms with Crippen LogP contribution in [0.25, 0.3) is 5.70 Å². The summed E-state index contributed by atoms with van der Waals surface area (Å²) in [5.41, 5.74) is 3.30. The van der Waals surface area contributed by atoms with Gasteiger partial charge in [0.2, 0.25) is 0 Å². The average molecular weight is 410 g/mol. The number of hydrogen-bond acceptors (Lipinski definition) is 5. The summed E-state index contributed by atoms with van der Waals surface area (Å²) in [7, 11) is 0. The lowest BCUT2D eigenvalue weighted by molar-refractivity contribution is -0.154. The number of nitrogens with zero attached hydrogens (tertiary/aromatic N) is 3. The first-order chi connectivity index (χ1) is 14.4. The highest BCUT2D eigenvalue weighted by Gasteiger charge is 2.57. The molecule has 0 radical (unpaired) electrons. The van der Waals surface area contributed by atoms with Gasteiger partial charge in [0.15, 0.2) is 6.29 Å². The number of aromatic nitrogens is 3. The molecule has 0 unspecified atom stereocenters. The van der Waals surface area contributed by atoms with E-state index >= 15 is 0 Å². The Bertz CT molecular complexity index is 934. The first-order valence-electron chi connectivity index (χ1n) is 11.3. The molecule has 0 aromatic carbocycles. The standard InChI is InChI=1S/C24H31N3O3/c1-15(29)30-18-6-8-23(2)17(13-18)4-5-19-20(23)7-9-24(3)21(19)12-16(14-28)22(24)27-11-10-25-26-27/h10-12,14,17-20H,4-9,13H2,1-3H3/t17-,18-,19+,20-,23-,24-/m0/s1. The molecular weight excluding hydrogens is 378 g/mol. The molecule has 4 aliphatic rings. The molecule has 1 aromatic rings. The lowest BCUT2D eigenvalue weighted by Crippen LogP contribution is -2.52. The lowest BCUT2D eigenvalue weighted by Gasteiger charge is -2.59. The number of carbonyl (C=O) groups excluding carboxylic acids is 2. The van der Waals surface area contributed by atoms with Crippen molar-refractivity contribution in [2.45, 2.75) is 71.8 Å². The number of ether oxygens (including phenoxy) is 1. The van der Waals surface area contributed by atoms with Crippen LogP contribution in [0.3, 0.4) is 0 Å². The van der Waals surface area contributed by atoms with E-state index in [0.29, 0.717) is 17.8 Å². The van der Waals surface area contributed by atoms with Crippen molar-refractivity contribution in [1.29, 1.82) is 0 Å². The minimum Gasteiger partial charge on any atom is -0.463 e. The van der Waals surface area contributed by atoms with Gasteiger partial charge in [-0.15, -0.1) is 5.10 Å². The quantitative estimate of drug-likeness (QED) is 0.553. The molecule has 6 atom stereocenters. The van der Waals surface area contributed by atoms with E-state index in [1.54, 1.807) is 10.9 Å². The summed E-state index contributed by atoms with van der Waals surface area (Å²) < 4.78 is 7.38. The number of hydrogen-bond donors (Lipinski definition) is 0. The number of rotatable bonds is 3. The maximum Gasteiger partial charge on any atom is 0.302 e. The van der Waals surface area contributed by atoms with Crippen molar-refractivity contribution in [2.24, 2.45) is 28.6 Å². The van der Waals surface area contributed by atoms with Gasteiger partial charge >= 0.3 is 5.97 Å². The molecule has 0 bridgehead atoms. The molecule has 1 heterocycles. The maximum atomic E-state index is 12.0. The smallest absolute Gasteiger partial charge is 0.302 e. The van der Waals surface area contributed by atoms with Crippen molar-refractivity contribution in [3.05, 3.63) is 29.6 Å². The second kappa shape index (κ2) is 6.89. The van der Waals surface area contributed by atoms with E-state index in [2.05, 4.69) is 30.2 Å². The van der Waals surface area contributed by atoms with E-state index in [1.807, 2.05) is 6.20 Å². The van der Waals surface area contributed by atoms with Crippen molar-refractivity contribution in [2.75, 3.05) is 0 Å². The SMILES string of the molecule is CC(=O)O[C@H]1CC[C@@]2(C)[C@@H](CC[C@H]3C4=CC(C=O)=C(n5ccnn5)[C@@]4(C)CC[C@@H]32)C1. The summed E-state index contributed by atoms with van der Waals surface area (Å²) in [6.07, 6.45) is 14.3. The molecule has 3 saturated carbocycles. The predicted octanol–water partition coefficient (Wildman–Crippen LogP) is 4.19. The van der Waals surface area contributed by atoms with Crippen molar-refractivity contribution >= 4 is 18.0 Å². The summed E-state index contributed by atoms with van der Waals surface area (Å²) in [5, 5.41) is 8.21. The van der Waals surface area contributed by atoms with Crippen LogP contribution in [0, 0.1) is 28.6 Å². The first kappa shape index (κ1) is 19.7. The van der Waals surface area contributed by atoms with Gasteiger partial charge in [-0.25, -0.2) is 4.68 Å².